The van der Waals surface area contributed by atoms with Crippen molar-refractivity contribution < 1.29 is 4.79 Å². The highest BCUT2D eigenvalue weighted by Gasteiger charge is 2.10. The van der Waals surface area contributed by atoms with Crippen LogP contribution in [-0.4, -0.2) is 5.78 Å². The third-order valence-electron chi connectivity index (χ3n) is 2.25. The Hall–Kier alpha value is -0.450. The first-order chi connectivity index (χ1) is 7.69. The van der Waals surface area contributed by atoms with Gasteiger partial charge in [0, 0.05) is 16.2 Å². The molecule has 0 aromatic carbocycles. The number of hydrogen-bond acceptors (Lipinski definition) is 3. The number of halogens is 1. The van der Waals surface area contributed by atoms with Crippen LogP contribution in [0.1, 0.15) is 26.3 Å². The second-order valence-corrected chi connectivity index (χ2v) is 7.14. The van der Waals surface area contributed by atoms with E-state index in [1.807, 2.05) is 12.1 Å². The van der Waals surface area contributed by atoms with Gasteiger partial charge in [-0.3, -0.25) is 4.79 Å². The fourth-order valence-electron chi connectivity index (χ4n) is 1.42. The lowest BCUT2D eigenvalue weighted by Crippen LogP contribution is -1.98. The largest absolute Gasteiger partial charge is 0.293 e. The smallest absolute Gasteiger partial charge is 0.178 e. The molecule has 0 saturated carbocycles. The minimum atomic E-state index is 0.209. The van der Waals surface area contributed by atoms with Crippen LogP contribution in [0.15, 0.2) is 28.1 Å². The summed E-state index contributed by atoms with van der Waals surface area (Å²) in [5, 5.41) is 0. The number of rotatable bonds is 4. The van der Waals surface area contributed by atoms with E-state index in [1.54, 1.807) is 11.3 Å². The SMILES string of the molecule is CCc1ccc(CC(=O)c2ccc(Br)s2)s1. The van der Waals surface area contributed by atoms with E-state index >= 15 is 0 Å². The molecule has 0 aliphatic carbocycles. The van der Waals surface area contributed by atoms with Crippen LogP contribution in [0, 0.1) is 0 Å². The highest BCUT2D eigenvalue weighted by molar-refractivity contribution is 9.11. The van der Waals surface area contributed by atoms with Crippen LogP contribution in [0.2, 0.25) is 0 Å². The van der Waals surface area contributed by atoms with Crippen molar-refractivity contribution in [2.75, 3.05) is 0 Å². The molecule has 4 heteroatoms. The standard InChI is InChI=1S/C12H11BrOS2/c1-2-8-3-4-9(15-8)7-10(14)11-5-6-12(13)16-11/h3-6H,2,7H2,1H3. The Morgan fingerprint density at radius 3 is 2.50 bits per heavy atom. The van der Waals surface area contributed by atoms with Gasteiger partial charge in [0.2, 0.25) is 0 Å². The molecule has 1 nitrogen and oxygen atoms in total. The molecule has 0 fully saturated rings. The van der Waals surface area contributed by atoms with Gasteiger partial charge in [0.05, 0.1) is 8.66 Å². The average Bonchev–Trinajstić information content (AvgIpc) is 2.87. The Labute approximate surface area is 111 Å². The lowest BCUT2D eigenvalue weighted by Gasteiger charge is -1.94. The first-order valence-corrected chi connectivity index (χ1v) is 7.47. The van der Waals surface area contributed by atoms with Gasteiger partial charge in [-0.2, -0.15) is 0 Å². The molecule has 0 unspecified atom stereocenters. The van der Waals surface area contributed by atoms with Crippen molar-refractivity contribution in [2.45, 2.75) is 19.8 Å². The molecule has 0 aliphatic rings. The van der Waals surface area contributed by atoms with Crippen molar-refractivity contribution in [3.63, 3.8) is 0 Å². The van der Waals surface area contributed by atoms with Gasteiger partial charge >= 0.3 is 0 Å². The molecule has 2 heterocycles. The van der Waals surface area contributed by atoms with Crippen LogP contribution in [0.4, 0.5) is 0 Å². The molecule has 0 aliphatic heterocycles. The summed E-state index contributed by atoms with van der Waals surface area (Å²) in [6.07, 6.45) is 1.57. The second kappa shape index (κ2) is 5.25. The number of hydrogen-bond donors (Lipinski definition) is 0. The van der Waals surface area contributed by atoms with E-state index in [9.17, 15) is 4.79 Å². The number of aryl methyl sites for hydroxylation is 1. The Kier molecular flexibility index (Phi) is 3.95. The van der Waals surface area contributed by atoms with E-state index in [4.69, 9.17) is 0 Å². The van der Waals surface area contributed by atoms with E-state index in [0.717, 1.165) is 20.0 Å². The number of ketones is 1. The Morgan fingerprint density at radius 1 is 1.19 bits per heavy atom. The van der Waals surface area contributed by atoms with Crippen molar-refractivity contribution >= 4 is 44.4 Å². The fourth-order valence-corrected chi connectivity index (χ4v) is 3.70. The van der Waals surface area contributed by atoms with Gasteiger partial charge in [-0.15, -0.1) is 22.7 Å². The van der Waals surface area contributed by atoms with Gasteiger partial charge in [0.1, 0.15) is 0 Å². The second-order valence-electron chi connectivity index (χ2n) is 3.43. The molecule has 2 rings (SSSR count). The molecule has 84 valence electrons. The first-order valence-electron chi connectivity index (χ1n) is 5.05. The van der Waals surface area contributed by atoms with Gasteiger partial charge in [0.15, 0.2) is 5.78 Å². The lowest BCUT2D eigenvalue weighted by molar-refractivity contribution is 0.0997. The quantitative estimate of drug-likeness (QED) is 0.756. The van der Waals surface area contributed by atoms with Crippen LogP contribution in [0.5, 0.6) is 0 Å². The molecule has 2 aromatic rings. The zero-order valence-corrected chi connectivity index (χ0v) is 12.0. The number of Topliss-reactive ketones (excluding diaryl/α,β-unsaturated/α-hetero) is 1. The minimum Gasteiger partial charge on any atom is -0.293 e. The van der Waals surface area contributed by atoms with Crippen LogP contribution >= 0.6 is 38.6 Å². The van der Waals surface area contributed by atoms with Gasteiger partial charge in [-0.25, -0.2) is 0 Å². The van der Waals surface area contributed by atoms with Gasteiger partial charge in [-0.05, 0) is 46.6 Å². The van der Waals surface area contributed by atoms with Crippen molar-refractivity contribution in [2.24, 2.45) is 0 Å². The normalized spacial score (nSPS) is 10.6. The molecular formula is C12H11BrOS2. The van der Waals surface area contributed by atoms with Crippen molar-refractivity contribution in [3.05, 3.63) is 42.7 Å². The van der Waals surface area contributed by atoms with E-state index in [0.29, 0.717) is 6.42 Å². The number of carbonyl (C=O) groups is 1. The predicted octanol–water partition coefficient (Wildman–Crippen LogP) is 4.56. The lowest BCUT2D eigenvalue weighted by atomic mass is 10.2. The van der Waals surface area contributed by atoms with Crippen molar-refractivity contribution in [3.8, 4) is 0 Å². The molecule has 0 saturated heterocycles. The summed E-state index contributed by atoms with van der Waals surface area (Å²) in [6, 6.07) is 7.97. The monoisotopic (exact) mass is 314 g/mol. The summed E-state index contributed by atoms with van der Waals surface area (Å²) in [4.78, 5) is 15.3. The molecule has 0 bridgehead atoms. The van der Waals surface area contributed by atoms with E-state index in [-0.39, 0.29) is 5.78 Å². The first kappa shape index (κ1) is 12.0. The molecule has 0 spiro atoms. The van der Waals surface area contributed by atoms with Crippen LogP contribution < -0.4 is 0 Å². The van der Waals surface area contributed by atoms with Crippen LogP contribution in [0.25, 0.3) is 0 Å². The minimum absolute atomic E-state index is 0.209. The van der Waals surface area contributed by atoms with Crippen molar-refractivity contribution in [1.29, 1.82) is 0 Å². The summed E-state index contributed by atoms with van der Waals surface area (Å²) in [5.41, 5.74) is 0. The summed E-state index contributed by atoms with van der Waals surface area (Å²) < 4.78 is 1.01. The summed E-state index contributed by atoms with van der Waals surface area (Å²) in [5.74, 6) is 0.209. The van der Waals surface area contributed by atoms with Crippen molar-refractivity contribution in [1.82, 2.24) is 0 Å². The van der Waals surface area contributed by atoms with E-state index < -0.39 is 0 Å². The maximum Gasteiger partial charge on any atom is 0.178 e. The zero-order chi connectivity index (χ0) is 11.5. The maximum atomic E-state index is 11.9. The molecule has 16 heavy (non-hydrogen) atoms. The zero-order valence-electron chi connectivity index (χ0n) is 8.83. The fraction of sp³-hybridized carbons (Fsp3) is 0.250. The Morgan fingerprint density at radius 2 is 1.94 bits per heavy atom. The molecule has 0 atom stereocenters. The van der Waals surface area contributed by atoms with E-state index in [2.05, 4.69) is 35.0 Å². The van der Waals surface area contributed by atoms with Crippen LogP contribution in [-0.2, 0) is 12.8 Å². The summed E-state index contributed by atoms with van der Waals surface area (Å²) in [7, 11) is 0. The van der Waals surface area contributed by atoms with Gasteiger partial charge in [0.25, 0.3) is 0 Å². The number of carbonyl (C=O) groups excluding carboxylic acids is 1. The highest BCUT2D eigenvalue weighted by atomic mass is 79.9. The number of thiophene rings is 2. The van der Waals surface area contributed by atoms with E-state index in [1.165, 1.54) is 16.2 Å². The molecule has 2 aromatic heterocycles. The van der Waals surface area contributed by atoms with Gasteiger partial charge < -0.3 is 0 Å². The molecular weight excluding hydrogens is 304 g/mol. The highest BCUT2D eigenvalue weighted by Crippen LogP contribution is 2.25. The van der Waals surface area contributed by atoms with Crippen LogP contribution in [0.3, 0.4) is 0 Å². The topological polar surface area (TPSA) is 17.1 Å². The molecule has 0 radical (unpaired) electrons. The Bertz CT molecular complexity index is 499. The summed E-state index contributed by atoms with van der Waals surface area (Å²) >= 11 is 6.60. The summed E-state index contributed by atoms with van der Waals surface area (Å²) in [6.45, 7) is 2.13. The molecule has 0 N–H and O–H groups in total. The average molecular weight is 315 g/mol. The predicted molar refractivity (Wildman–Crippen MR) is 73.8 cm³/mol. The Balaban J connectivity index is 2.07. The maximum absolute atomic E-state index is 11.9. The third kappa shape index (κ3) is 2.81. The molecule has 0 amide bonds. The van der Waals surface area contributed by atoms with Gasteiger partial charge in [-0.1, -0.05) is 6.92 Å². The third-order valence-corrected chi connectivity index (χ3v) is 5.14.